The summed E-state index contributed by atoms with van der Waals surface area (Å²) in [6, 6.07) is 4.84. The Morgan fingerprint density at radius 2 is 2.24 bits per heavy atom. The Kier molecular flexibility index (Phi) is 3.30. The predicted molar refractivity (Wildman–Crippen MR) is 79.3 cm³/mol. The lowest BCUT2D eigenvalue weighted by Crippen LogP contribution is -2.45. The van der Waals surface area contributed by atoms with E-state index in [-0.39, 0.29) is 17.3 Å². The van der Waals surface area contributed by atoms with E-state index in [1.165, 1.54) is 6.07 Å². The number of fused-ring (bicyclic) bond motifs is 1. The number of benzene rings is 1. The maximum atomic E-state index is 13.5. The first-order valence-corrected chi connectivity index (χ1v) is 7.41. The molecule has 1 aliphatic heterocycles. The first-order chi connectivity index (χ1) is 9.87. The first-order valence-electron chi connectivity index (χ1n) is 7.41. The highest BCUT2D eigenvalue weighted by atomic mass is 19.1. The van der Waals surface area contributed by atoms with Gasteiger partial charge >= 0.3 is 6.09 Å². The lowest BCUT2D eigenvalue weighted by atomic mass is 9.87. The highest BCUT2D eigenvalue weighted by molar-refractivity contribution is 5.66. The van der Waals surface area contributed by atoms with Crippen LogP contribution in [0.3, 0.4) is 0 Å². The fourth-order valence-electron chi connectivity index (χ4n) is 3.34. The lowest BCUT2D eigenvalue weighted by molar-refractivity contribution is 0.188. The van der Waals surface area contributed by atoms with Crippen LogP contribution in [0.1, 0.15) is 32.3 Å². The Morgan fingerprint density at radius 1 is 1.52 bits per heavy atom. The molecule has 114 valence electrons. The van der Waals surface area contributed by atoms with Gasteiger partial charge in [-0.05, 0) is 42.5 Å². The van der Waals surface area contributed by atoms with E-state index in [1.807, 2.05) is 6.07 Å². The molecule has 0 unspecified atom stereocenters. The van der Waals surface area contributed by atoms with Crippen LogP contribution in [-0.4, -0.2) is 30.3 Å². The molecule has 0 aromatic heterocycles. The maximum absolute atomic E-state index is 13.5. The molecule has 2 aliphatic rings. The molecule has 0 radical (unpaired) electrons. The highest BCUT2D eigenvalue weighted by Gasteiger charge is 2.39. The van der Waals surface area contributed by atoms with E-state index in [9.17, 15) is 9.18 Å². The Balaban J connectivity index is 1.82. The zero-order valence-corrected chi connectivity index (χ0v) is 12.4. The monoisotopic (exact) mass is 292 g/mol. The van der Waals surface area contributed by atoms with Crippen molar-refractivity contribution in [1.82, 2.24) is 5.32 Å². The van der Waals surface area contributed by atoms with Gasteiger partial charge in [0.1, 0.15) is 5.82 Å². The van der Waals surface area contributed by atoms with Crippen molar-refractivity contribution in [1.29, 1.82) is 0 Å². The summed E-state index contributed by atoms with van der Waals surface area (Å²) in [6.07, 6.45) is 1.20. The van der Waals surface area contributed by atoms with Crippen molar-refractivity contribution in [2.45, 2.75) is 38.1 Å². The third-order valence-corrected chi connectivity index (χ3v) is 4.53. The van der Waals surface area contributed by atoms with E-state index in [4.69, 9.17) is 5.11 Å². The Bertz CT molecular complexity index is 569. The average Bonchev–Trinajstić information content (AvgIpc) is 3.17. The zero-order valence-electron chi connectivity index (χ0n) is 12.4. The number of nitrogens with one attached hydrogen (secondary N) is 1. The molecule has 2 N–H and O–H groups in total. The van der Waals surface area contributed by atoms with Crippen LogP contribution >= 0.6 is 0 Å². The summed E-state index contributed by atoms with van der Waals surface area (Å²) in [7, 11) is 0. The molecular formula is C16H21FN2O2. The van der Waals surface area contributed by atoms with Crippen LogP contribution in [0.15, 0.2) is 18.2 Å². The van der Waals surface area contributed by atoms with Gasteiger partial charge in [-0.2, -0.15) is 0 Å². The fourth-order valence-corrected chi connectivity index (χ4v) is 3.34. The van der Waals surface area contributed by atoms with Crippen molar-refractivity contribution in [3.05, 3.63) is 29.6 Å². The summed E-state index contributed by atoms with van der Waals surface area (Å²) in [4.78, 5) is 13.1. The van der Waals surface area contributed by atoms with Gasteiger partial charge in [0.25, 0.3) is 0 Å². The molecule has 0 saturated heterocycles. The minimum Gasteiger partial charge on any atom is -0.465 e. The van der Waals surface area contributed by atoms with Gasteiger partial charge in [-0.25, -0.2) is 9.18 Å². The normalized spacial score (nSPS) is 21.0. The van der Waals surface area contributed by atoms with Crippen molar-refractivity contribution in [3.8, 4) is 0 Å². The van der Waals surface area contributed by atoms with E-state index in [1.54, 1.807) is 6.07 Å². The van der Waals surface area contributed by atoms with Crippen LogP contribution in [0.2, 0.25) is 0 Å². The quantitative estimate of drug-likeness (QED) is 0.897. The van der Waals surface area contributed by atoms with Gasteiger partial charge in [0.2, 0.25) is 0 Å². The summed E-state index contributed by atoms with van der Waals surface area (Å²) < 4.78 is 13.5. The van der Waals surface area contributed by atoms with E-state index in [2.05, 4.69) is 24.1 Å². The Hall–Kier alpha value is -1.78. The molecule has 1 heterocycles. The second-order valence-corrected chi connectivity index (χ2v) is 6.82. The summed E-state index contributed by atoms with van der Waals surface area (Å²) in [6.45, 7) is 5.64. The number of nitrogens with zero attached hydrogens (tertiary/aromatic N) is 1. The number of anilines is 1. The highest BCUT2D eigenvalue weighted by Crippen LogP contribution is 2.42. The molecule has 1 aromatic rings. The molecular weight excluding hydrogens is 271 g/mol. The number of carbonyl (C=O) groups is 1. The van der Waals surface area contributed by atoms with Crippen LogP contribution in [0.4, 0.5) is 14.9 Å². The van der Waals surface area contributed by atoms with E-state index >= 15 is 0 Å². The van der Waals surface area contributed by atoms with Crippen LogP contribution in [-0.2, 0) is 5.41 Å². The largest absolute Gasteiger partial charge is 0.465 e. The number of rotatable bonds is 4. The summed E-state index contributed by atoms with van der Waals surface area (Å²) >= 11 is 0. The molecule has 4 nitrogen and oxygen atoms in total. The summed E-state index contributed by atoms with van der Waals surface area (Å²) in [5.41, 5.74) is 1.92. The van der Waals surface area contributed by atoms with Gasteiger partial charge in [-0.3, -0.25) is 0 Å². The van der Waals surface area contributed by atoms with Gasteiger partial charge in [-0.15, -0.1) is 0 Å². The molecule has 0 spiro atoms. The van der Waals surface area contributed by atoms with Crippen molar-refractivity contribution in [2.75, 3.05) is 18.0 Å². The second-order valence-electron chi connectivity index (χ2n) is 6.82. The number of hydrogen-bond donors (Lipinski definition) is 2. The summed E-state index contributed by atoms with van der Waals surface area (Å²) in [5, 5.41) is 11.6. The molecule has 3 rings (SSSR count). The Morgan fingerprint density at radius 3 is 2.86 bits per heavy atom. The molecule has 1 atom stereocenters. The third kappa shape index (κ3) is 2.82. The van der Waals surface area contributed by atoms with Gasteiger partial charge < -0.3 is 15.3 Å². The molecule has 1 saturated carbocycles. The van der Waals surface area contributed by atoms with Crippen molar-refractivity contribution >= 4 is 11.8 Å². The van der Waals surface area contributed by atoms with E-state index < -0.39 is 6.09 Å². The number of carboxylic acid groups (broad SMARTS) is 1. The molecule has 1 aromatic carbocycles. The number of hydrogen-bond acceptors (Lipinski definition) is 2. The molecule has 5 heteroatoms. The van der Waals surface area contributed by atoms with Crippen LogP contribution in [0.25, 0.3) is 0 Å². The average molecular weight is 292 g/mol. The second kappa shape index (κ2) is 4.90. The SMILES string of the molecule is CC1(C)CN(C[C@@H](NC(=O)O)C2CC2)c2ccc(F)cc21. The lowest BCUT2D eigenvalue weighted by Gasteiger charge is -2.27. The zero-order chi connectivity index (χ0) is 15.2. The molecule has 1 amide bonds. The fraction of sp³-hybridized carbons (Fsp3) is 0.562. The van der Waals surface area contributed by atoms with Gasteiger partial charge in [0.15, 0.2) is 0 Å². The van der Waals surface area contributed by atoms with E-state index in [0.717, 1.165) is 30.6 Å². The number of amides is 1. The van der Waals surface area contributed by atoms with Gasteiger partial charge in [-0.1, -0.05) is 13.8 Å². The summed E-state index contributed by atoms with van der Waals surface area (Å²) in [5.74, 6) is 0.222. The Labute approximate surface area is 124 Å². The van der Waals surface area contributed by atoms with Crippen LogP contribution in [0.5, 0.6) is 0 Å². The predicted octanol–water partition coefficient (Wildman–Crippen LogP) is 2.97. The smallest absolute Gasteiger partial charge is 0.404 e. The van der Waals surface area contributed by atoms with Gasteiger partial charge in [0.05, 0.1) is 6.04 Å². The minimum absolute atomic E-state index is 0.0469. The molecule has 21 heavy (non-hydrogen) atoms. The maximum Gasteiger partial charge on any atom is 0.404 e. The van der Waals surface area contributed by atoms with Crippen LogP contribution in [0, 0.1) is 11.7 Å². The van der Waals surface area contributed by atoms with E-state index in [0.29, 0.717) is 12.5 Å². The number of halogens is 1. The van der Waals surface area contributed by atoms with Crippen molar-refractivity contribution < 1.29 is 14.3 Å². The van der Waals surface area contributed by atoms with Crippen molar-refractivity contribution in [3.63, 3.8) is 0 Å². The van der Waals surface area contributed by atoms with Crippen LogP contribution < -0.4 is 10.2 Å². The minimum atomic E-state index is -0.968. The van der Waals surface area contributed by atoms with Gasteiger partial charge in [0, 0.05) is 24.2 Å². The van der Waals surface area contributed by atoms with Crippen molar-refractivity contribution in [2.24, 2.45) is 5.92 Å². The standard InChI is InChI=1S/C16H21FN2O2/c1-16(2)9-19(14-6-5-11(17)7-12(14)16)8-13(10-3-4-10)18-15(20)21/h5-7,10,13,18H,3-4,8-9H2,1-2H3,(H,20,21)/t13-/m1/s1. The molecule has 0 bridgehead atoms. The third-order valence-electron chi connectivity index (χ3n) is 4.53. The molecule has 1 aliphatic carbocycles. The molecule has 1 fully saturated rings. The first kappa shape index (κ1) is 14.2. The topological polar surface area (TPSA) is 52.6 Å².